The predicted octanol–water partition coefficient (Wildman–Crippen LogP) is 9.43. The van der Waals surface area contributed by atoms with Crippen molar-refractivity contribution in [2.75, 3.05) is 0 Å². The molecule has 0 aliphatic carbocycles. The summed E-state index contributed by atoms with van der Waals surface area (Å²) in [4.78, 5) is 10.5. The van der Waals surface area contributed by atoms with Gasteiger partial charge in [-0.2, -0.15) is 12.6 Å². The molecule has 0 spiro atoms. The minimum atomic E-state index is 0.759. The van der Waals surface area contributed by atoms with Gasteiger partial charge in [0.2, 0.25) is 0 Å². The molecule has 0 amide bonds. The molecular formula is C33H22N2S2. The van der Waals surface area contributed by atoms with E-state index in [4.69, 9.17) is 4.98 Å². The van der Waals surface area contributed by atoms with Crippen molar-refractivity contribution in [1.82, 2.24) is 9.97 Å². The molecule has 2 nitrogen and oxygen atoms in total. The Morgan fingerprint density at radius 2 is 1.32 bits per heavy atom. The van der Waals surface area contributed by atoms with Gasteiger partial charge in [0.05, 0.1) is 5.69 Å². The zero-order chi connectivity index (χ0) is 24.8. The van der Waals surface area contributed by atoms with Gasteiger partial charge >= 0.3 is 0 Å². The lowest BCUT2D eigenvalue weighted by Gasteiger charge is -2.08. The van der Waals surface area contributed by atoms with Crippen LogP contribution in [0.5, 0.6) is 0 Å². The lowest BCUT2D eigenvalue weighted by Crippen LogP contribution is -1.86. The molecule has 0 bridgehead atoms. The number of hydrogen-bond acceptors (Lipinski definition) is 4. The number of thiol groups is 1. The highest BCUT2D eigenvalue weighted by Crippen LogP contribution is 2.38. The van der Waals surface area contributed by atoms with Gasteiger partial charge in [-0.05, 0) is 63.4 Å². The normalized spacial score (nSPS) is 11.5. The fourth-order valence-electron chi connectivity index (χ4n) is 4.97. The van der Waals surface area contributed by atoms with Gasteiger partial charge in [0.15, 0.2) is 0 Å². The Morgan fingerprint density at radius 1 is 0.622 bits per heavy atom. The Hall–Kier alpha value is -3.99. The summed E-state index contributed by atoms with van der Waals surface area (Å²) in [5.74, 6) is 0.759. The summed E-state index contributed by atoms with van der Waals surface area (Å²) in [6, 6.07) is 36.8. The molecule has 7 rings (SSSR count). The van der Waals surface area contributed by atoms with Crippen molar-refractivity contribution in [2.24, 2.45) is 0 Å². The van der Waals surface area contributed by atoms with Crippen LogP contribution < -0.4 is 0 Å². The average Bonchev–Trinajstić information content (AvgIpc) is 3.36. The van der Waals surface area contributed by atoms with E-state index in [1.54, 1.807) is 11.3 Å². The van der Waals surface area contributed by atoms with Crippen molar-refractivity contribution in [1.29, 1.82) is 0 Å². The minimum Gasteiger partial charge on any atom is -0.256 e. The third kappa shape index (κ3) is 3.99. The van der Waals surface area contributed by atoms with Gasteiger partial charge in [-0.25, -0.2) is 4.98 Å². The number of fused-ring (bicyclic) bond motifs is 4. The lowest BCUT2D eigenvalue weighted by molar-refractivity contribution is 1.33. The largest absolute Gasteiger partial charge is 0.256 e. The van der Waals surface area contributed by atoms with Crippen LogP contribution in [0.25, 0.3) is 64.6 Å². The molecule has 37 heavy (non-hydrogen) atoms. The Morgan fingerprint density at radius 3 is 2.05 bits per heavy atom. The second-order valence-corrected chi connectivity index (χ2v) is 10.5. The molecule has 4 heteroatoms. The molecule has 7 aromatic rings. The van der Waals surface area contributed by atoms with Crippen molar-refractivity contribution in [3.05, 3.63) is 121 Å². The van der Waals surface area contributed by atoms with Gasteiger partial charge in [-0.15, -0.1) is 11.3 Å². The van der Waals surface area contributed by atoms with Gasteiger partial charge in [0.25, 0.3) is 0 Å². The summed E-state index contributed by atoms with van der Waals surface area (Å²) in [5.41, 5.74) is 8.10. The molecule has 176 valence electrons. The van der Waals surface area contributed by atoms with Gasteiger partial charge in [0, 0.05) is 44.7 Å². The monoisotopic (exact) mass is 510 g/mol. The first-order chi connectivity index (χ1) is 18.3. The molecule has 0 aliphatic heterocycles. The predicted molar refractivity (Wildman–Crippen MR) is 161 cm³/mol. The molecule has 0 atom stereocenters. The van der Waals surface area contributed by atoms with Gasteiger partial charge in [-0.1, -0.05) is 72.8 Å². The molecule has 0 saturated heterocycles. The van der Waals surface area contributed by atoms with Crippen LogP contribution in [0.4, 0.5) is 0 Å². The first kappa shape index (κ1) is 22.2. The van der Waals surface area contributed by atoms with Crippen LogP contribution in [0.15, 0.2) is 116 Å². The molecule has 3 aromatic heterocycles. The SMILES string of the molecule is SCc1ccc(-c2ccc3cc(-c4ccc(-c5cccc6c5sc5ncccc56)nc4)ccc3c2)cc1. The van der Waals surface area contributed by atoms with Crippen LogP contribution in [-0.2, 0) is 5.75 Å². The number of rotatable bonds is 4. The van der Waals surface area contributed by atoms with E-state index in [2.05, 4.69) is 115 Å². The number of pyridine rings is 2. The average molecular weight is 511 g/mol. The topological polar surface area (TPSA) is 25.8 Å². The number of thiophene rings is 1. The molecule has 0 N–H and O–H groups in total. The van der Waals surface area contributed by atoms with Crippen molar-refractivity contribution >= 4 is 55.0 Å². The minimum absolute atomic E-state index is 0.759. The van der Waals surface area contributed by atoms with Crippen LogP contribution in [-0.4, -0.2) is 9.97 Å². The Labute approximate surface area is 224 Å². The van der Waals surface area contributed by atoms with Crippen molar-refractivity contribution < 1.29 is 0 Å². The summed E-state index contributed by atoms with van der Waals surface area (Å²) in [7, 11) is 0. The quantitative estimate of drug-likeness (QED) is 0.239. The van der Waals surface area contributed by atoms with E-state index in [9.17, 15) is 0 Å². The van der Waals surface area contributed by atoms with Gasteiger partial charge in [0.1, 0.15) is 4.83 Å². The fraction of sp³-hybridized carbons (Fsp3) is 0.0303. The van der Waals surface area contributed by atoms with Crippen LogP contribution >= 0.6 is 24.0 Å². The number of aromatic nitrogens is 2. The molecule has 4 aromatic carbocycles. The van der Waals surface area contributed by atoms with Crippen molar-refractivity contribution in [3.8, 4) is 33.5 Å². The maximum Gasteiger partial charge on any atom is 0.124 e. The van der Waals surface area contributed by atoms with Gasteiger partial charge < -0.3 is 0 Å². The summed E-state index contributed by atoms with van der Waals surface area (Å²) in [6.45, 7) is 0. The zero-order valence-corrected chi connectivity index (χ0v) is 21.6. The first-order valence-corrected chi connectivity index (χ1v) is 13.7. The van der Waals surface area contributed by atoms with E-state index in [1.807, 2.05) is 18.5 Å². The third-order valence-electron chi connectivity index (χ3n) is 6.96. The summed E-state index contributed by atoms with van der Waals surface area (Å²) in [6.07, 6.45) is 3.84. The highest BCUT2D eigenvalue weighted by molar-refractivity contribution is 7.79. The van der Waals surface area contributed by atoms with E-state index in [0.717, 1.165) is 27.4 Å². The third-order valence-corrected chi connectivity index (χ3v) is 8.49. The molecule has 0 unspecified atom stereocenters. The Bertz CT molecular complexity index is 1900. The van der Waals surface area contributed by atoms with Crippen LogP contribution in [0.3, 0.4) is 0 Å². The molecule has 0 aliphatic rings. The summed E-state index contributed by atoms with van der Waals surface area (Å²) < 4.78 is 1.23. The maximum atomic E-state index is 4.87. The Kier molecular flexibility index (Phi) is 5.49. The number of benzene rings is 4. The van der Waals surface area contributed by atoms with Crippen LogP contribution in [0.2, 0.25) is 0 Å². The first-order valence-electron chi connectivity index (χ1n) is 12.2. The smallest absolute Gasteiger partial charge is 0.124 e. The lowest BCUT2D eigenvalue weighted by atomic mass is 9.97. The van der Waals surface area contributed by atoms with E-state index in [1.165, 1.54) is 48.5 Å². The molecule has 0 saturated carbocycles. The summed E-state index contributed by atoms with van der Waals surface area (Å²) >= 11 is 6.09. The second kappa shape index (κ2) is 9.15. The highest BCUT2D eigenvalue weighted by Gasteiger charge is 2.12. The van der Waals surface area contributed by atoms with E-state index >= 15 is 0 Å². The van der Waals surface area contributed by atoms with Crippen molar-refractivity contribution in [2.45, 2.75) is 5.75 Å². The maximum absolute atomic E-state index is 4.87. The van der Waals surface area contributed by atoms with E-state index < -0.39 is 0 Å². The Balaban J connectivity index is 1.21. The van der Waals surface area contributed by atoms with E-state index in [0.29, 0.717) is 0 Å². The van der Waals surface area contributed by atoms with Crippen LogP contribution in [0, 0.1) is 0 Å². The second-order valence-electron chi connectivity index (χ2n) is 9.20. The fourth-order valence-corrected chi connectivity index (χ4v) is 6.34. The summed E-state index contributed by atoms with van der Waals surface area (Å²) in [5, 5.41) is 4.90. The number of nitrogens with zero attached hydrogens (tertiary/aromatic N) is 2. The standard InChI is InChI=1S/C33H22N2S2/c36-20-21-6-8-22(9-7-21)23-10-11-25-18-26(13-12-24(25)17-23)27-14-15-31(35-19-27)30-4-1-3-28-29-5-2-16-34-33(29)37-32(28)30/h1-19,36H,20H2. The van der Waals surface area contributed by atoms with Gasteiger partial charge in [-0.3, -0.25) is 4.98 Å². The zero-order valence-electron chi connectivity index (χ0n) is 19.9. The molecular weight excluding hydrogens is 489 g/mol. The van der Waals surface area contributed by atoms with Crippen molar-refractivity contribution in [3.63, 3.8) is 0 Å². The molecule has 3 heterocycles. The van der Waals surface area contributed by atoms with Crippen LogP contribution in [0.1, 0.15) is 5.56 Å². The van der Waals surface area contributed by atoms with E-state index in [-0.39, 0.29) is 0 Å². The molecule has 0 radical (unpaired) electrons. The molecule has 0 fully saturated rings. The number of hydrogen-bond donors (Lipinski definition) is 1. The highest BCUT2D eigenvalue weighted by atomic mass is 32.1.